The Labute approximate surface area is 156 Å². The van der Waals surface area contributed by atoms with E-state index in [9.17, 15) is 4.79 Å². The van der Waals surface area contributed by atoms with Crippen LogP contribution in [-0.4, -0.2) is 42.7 Å². The summed E-state index contributed by atoms with van der Waals surface area (Å²) in [5.41, 5.74) is 8.87. The van der Waals surface area contributed by atoms with Crippen LogP contribution in [0.15, 0.2) is 46.3 Å². The number of aliphatic imine (C=N–C) groups is 1. The molecule has 1 aromatic carbocycles. The highest BCUT2D eigenvalue weighted by Crippen LogP contribution is 2.39. The normalized spacial score (nSPS) is 12.8. The average molecular weight is 371 g/mol. The third-order valence-corrected chi connectivity index (χ3v) is 4.87. The number of rotatable bonds is 5. The van der Waals surface area contributed by atoms with Gasteiger partial charge in [0.2, 0.25) is 0 Å². The molecule has 2 heterocycles. The van der Waals surface area contributed by atoms with Crippen LogP contribution in [0, 0.1) is 0 Å². The summed E-state index contributed by atoms with van der Waals surface area (Å²) in [5, 5.41) is 2.58. The number of amides is 1. The number of nitrogen functional groups attached to an aromatic ring is 1. The van der Waals surface area contributed by atoms with E-state index in [4.69, 9.17) is 10.5 Å². The summed E-state index contributed by atoms with van der Waals surface area (Å²) in [6, 6.07) is 11.9. The smallest absolute Gasteiger partial charge is 0.412 e. The molecule has 1 aromatic heterocycles. The van der Waals surface area contributed by atoms with Crippen LogP contribution in [-0.2, 0) is 4.74 Å². The standard InChI is InChI=1S/C18H21N5O2S/c1-3-25-18(24)22-15-9-14-16(17(19)21-15)20-12(11-26-14)10-23(2)13-7-5-4-6-8-13/h4-9H,3,10-11H2,1-2H3,(H3,19,21,22,24). The zero-order valence-electron chi connectivity index (χ0n) is 14.7. The molecule has 0 spiro atoms. The van der Waals surface area contributed by atoms with Crippen LogP contribution in [0.2, 0.25) is 0 Å². The van der Waals surface area contributed by atoms with Gasteiger partial charge in [0, 0.05) is 29.1 Å². The van der Waals surface area contributed by atoms with E-state index in [1.54, 1.807) is 24.8 Å². The molecule has 26 heavy (non-hydrogen) atoms. The molecular weight excluding hydrogens is 350 g/mol. The molecular formula is C18H21N5O2S. The molecule has 0 saturated heterocycles. The van der Waals surface area contributed by atoms with E-state index < -0.39 is 6.09 Å². The van der Waals surface area contributed by atoms with Crippen molar-refractivity contribution in [2.75, 3.05) is 41.9 Å². The molecule has 0 atom stereocenters. The van der Waals surface area contributed by atoms with Gasteiger partial charge in [-0.25, -0.2) is 14.8 Å². The van der Waals surface area contributed by atoms with Crippen molar-refractivity contribution >= 4 is 46.6 Å². The first-order valence-corrected chi connectivity index (χ1v) is 9.25. The first-order valence-electron chi connectivity index (χ1n) is 8.26. The number of nitrogens with zero attached hydrogens (tertiary/aromatic N) is 3. The molecule has 0 fully saturated rings. The minimum atomic E-state index is -0.547. The van der Waals surface area contributed by atoms with E-state index in [-0.39, 0.29) is 0 Å². The third-order valence-electron chi connectivity index (χ3n) is 3.77. The summed E-state index contributed by atoms with van der Waals surface area (Å²) >= 11 is 1.63. The van der Waals surface area contributed by atoms with Crippen LogP contribution in [0.4, 0.5) is 27.8 Å². The lowest BCUT2D eigenvalue weighted by atomic mass is 10.2. The summed E-state index contributed by atoms with van der Waals surface area (Å²) in [5.74, 6) is 1.42. The van der Waals surface area contributed by atoms with Gasteiger partial charge in [-0.05, 0) is 25.1 Å². The molecule has 0 aliphatic carbocycles. The van der Waals surface area contributed by atoms with Gasteiger partial charge in [-0.2, -0.15) is 0 Å². The zero-order valence-corrected chi connectivity index (χ0v) is 15.5. The lowest BCUT2D eigenvalue weighted by Gasteiger charge is -2.23. The number of nitrogens with one attached hydrogen (secondary N) is 1. The van der Waals surface area contributed by atoms with E-state index in [0.29, 0.717) is 30.5 Å². The van der Waals surface area contributed by atoms with E-state index >= 15 is 0 Å². The molecule has 0 unspecified atom stereocenters. The molecule has 7 nitrogen and oxygen atoms in total. The van der Waals surface area contributed by atoms with Crippen molar-refractivity contribution in [2.24, 2.45) is 4.99 Å². The molecule has 1 amide bonds. The number of thioether (sulfide) groups is 1. The van der Waals surface area contributed by atoms with Crippen LogP contribution in [0.3, 0.4) is 0 Å². The van der Waals surface area contributed by atoms with Gasteiger partial charge in [0.15, 0.2) is 5.82 Å². The fraction of sp³-hybridized carbons (Fsp3) is 0.278. The Kier molecular flexibility index (Phi) is 5.62. The maximum absolute atomic E-state index is 11.5. The van der Waals surface area contributed by atoms with Gasteiger partial charge in [0.25, 0.3) is 0 Å². The maximum Gasteiger partial charge on any atom is 0.412 e. The number of hydrogen-bond donors (Lipinski definition) is 2. The Bertz CT molecular complexity index is 826. The number of aromatic nitrogens is 1. The van der Waals surface area contributed by atoms with Gasteiger partial charge < -0.3 is 15.4 Å². The predicted molar refractivity (Wildman–Crippen MR) is 107 cm³/mol. The minimum Gasteiger partial charge on any atom is -0.450 e. The Morgan fingerprint density at radius 3 is 2.88 bits per heavy atom. The van der Waals surface area contributed by atoms with Crippen molar-refractivity contribution in [3.05, 3.63) is 36.4 Å². The Hall–Kier alpha value is -2.74. The number of carbonyl (C=O) groups is 1. The highest BCUT2D eigenvalue weighted by Gasteiger charge is 2.19. The van der Waals surface area contributed by atoms with Crippen molar-refractivity contribution in [3.8, 4) is 0 Å². The second kappa shape index (κ2) is 8.09. The molecule has 0 bridgehead atoms. The number of fused-ring (bicyclic) bond motifs is 1. The Morgan fingerprint density at radius 1 is 1.38 bits per heavy atom. The van der Waals surface area contributed by atoms with Crippen molar-refractivity contribution in [2.45, 2.75) is 11.8 Å². The average Bonchev–Trinajstić information content (AvgIpc) is 2.63. The van der Waals surface area contributed by atoms with E-state index in [1.165, 1.54) is 0 Å². The molecule has 3 rings (SSSR count). The quantitative estimate of drug-likeness (QED) is 0.835. The molecule has 1 aliphatic heterocycles. The number of para-hydroxylation sites is 1. The first-order chi connectivity index (χ1) is 12.6. The van der Waals surface area contributed by atoms with Crippen LogP contribution in [0.5, 0.6) is 0 Å². The molecule has 8 heteroatoms. The number of carbonyl (C=O) groups excluding carboxylic acids is 1. The summed E-state index contributed by atoms with van der Waals surface area (Å²) < 4.78 is 4.86. The number of hydrogen-bond acceptors (Lipinski definition) is 7. The minimum absolute atomic E-state index is 0.293. The maximum atomic E-state index is 11.5. The summed E-state index contributed by atoms with van der Waals surface area (Å²) in [6.45, 7) is 2.75. The van der Waals surface area contributed by atoms with Crippen molar-refractivity contribution in [1.29, 1.82) is 0 Å². The Morgan fingerprint density at radius 2 is 2.15 bits per heavy atom. The highest BCUT2D eigenvalue weighted by molar-refractivity contribution is 8.00. The van der Waals surface area contributed by atoms with Crippen LogP contribution >= 0.6 is 11.8 Å². The molecule has 1 aliphatic rings. The summed E-state index contributed by atoms with van der Waals surface area (Å²) in [7, 11) is 2.03. The number of anilines is 3. The molecule has 0 radical (unpaired) electrons. The van der Waals surface area contributed by atoms with Gasteiger partial charge in [0.1, 0.15) is 11.5 Å². The van der Waals surface area contributed by atoms with Crippen molar-refractivity contribution < 1.29 is 9.53 Å². The summed E-state index contributed by atoms with van der Waals surface area (Å²) in [6.07, 6.45) is -0.547. The van der Waals surface area contributed by atoms with Gasteiger partial charge in [-0.15, -0.1) is 11.8 Å². The fourth-order valence-electron chi connectivity index (χ4n) is 2.57. The van der Waals surface area contributed by atoms with Crippen LogP contribution < -0.4 is 16.0 Å². The van der Waals surface area contributed by atoms with E-state index in [1.807, 2.05) is 25.2 Å². The van der Waals surface area contributed by atoms with Crippen molar-refractivity contribution in [3.63, 3.8) is 0 Å². The second-order valence-electron chi connectivity index (χ2n) is 5.74. The molecule has 3 N–H and O–H groups in total. The van der Waals surface area contributed by atoms with Crippen LogP contribution in [0.25, 0.3) is 0 Å². The van der Waals surface area contributed by atoms with Gasteiger partial charge >= 0.3 is 6.09 Å². The number of benzene rings is 1. The SMILES string of the molecule is CCOC(=O)Nc1cc2c(c(N)n1)N=C(CN(C)c1ccccc1)CS2. The fourth-order valence-corrected chi connectivity index (χ4v) is 3.53. The highest BCUT2D eigenvalue weighted by atomic mass is 32.2. The monoisotopic (exact) mass is 371 g/mol. The molecule has 136 valence electrons. The van der Waals surface area contributed by atoms with Gasteiger partial charge in [0.05, 0.1) is 13.2 Å². The number of pyridine rings is 1. The largest absolute Gasteiger partial charge is 0.450 e. The summed E-state index contributed by atoms with van der Waals surface area (Å²) in [4.78, 5) is 23.5. The van der Waals surface area contributed by atoms with Crippen molar-refractivity contribution in [1.82, 2.24) is 4.98 Å². The number of nitrogens with two attached hydrogens (primary N) is 1. The molecule has 2 aromatic rings. The van der Waals surface area contributed by atoms with E-state index in [2.05, 4.69) is 32.3 Å². The Balaban J connectivity index is 1.76. The topological polar surface area (TPSA) is 92.8 Å². The number of ether oxygens (including phenoxy) is 1. The van der Waals surface area contributed by atoms with E-state index in [0.717, 1.165) is 22.0 Å². The molecule has 0 saturated carbocycles. The van der Waals surface area contributed by atoms with Gasteiger partial charge in [-0.3, -0.25) is 5.32 Å². The lowest BCUT2D eigenvalue weighted by molar-refractivity contribution is 0.168. The third kappa shape index (κ3) is 4.26. The second-order valence-corrected chi connectivity index (χ2v) is 6.76. The predicted octanol–water partition coefficient (Wildman–Crippen LogP) is 3.55. The lowest BCUT2D eigenvalue weighted by Crippen LogP contribution is -2.27. The first kappa shape index (κ1) is 18.1. The zero-order chi connectivity index (χ0) is 18.5. The van der Waals surface area contributed by atoms with Crippen LogP contribution in [0.1, 0.15) is 6.92 Å². The van der Waals surface area contributed by atoms with Gasteiger partial charge in [-0.1, -0.05) is 18.2 Å².